The van der Waals surface area contributed by atoms with Gasteiger partial charge < -0.3 is 5.32 Å². The van der Waals surface area contributed by atoms with Crippen LogP contribution in [0.4, 0.5) is 0 Å². The fourth-order valence-corrected chi connectivity index (χ4v) is 2.19. The molecule has 1 nitrogen and oxygen atoms in total. The minimum Gasteiger partial charge on any atom is -0.314 e. The molecule has 1 aliphatic rings. The highest BCUT2D eigenvalue weighted by Gasteiger charge is 2.41. The summed E-state index contributed by atoms with van der Waals surface area (Å²) in [5.74, 6) is 0.672. The maximum atomic E-state index is 3.45. The number of nitrogens with one attached hydrogen (secondary N) is 1. The molecule has 1 fully saturated rings. The van der Waals surface area contributed by atoms with Crippen molar-refractivity contribution in [2.24, 2.45) is 0 Å². The zero-order chi connectivity index (χ0) is 10.0. The van der Waals surface area contributed by atoms with Gasteiger partial charge in [0.25, 0.3) is 0 Å². The molecule has 0 heterocycles. The summed E-state index contributed by atoms with van der Waals surface area (Å²) < 4.78 is 0. The van der Waals surface area contributed by atoms with Gasteiger partial charge in [0.05, 0.1) is 0 Å². The molecule has 14 heavy (non-hydrogen) atoms. The Kier molecular flexibility index (Phi) is 2.60. The summed E-state index contributed by atoms with van der Waals surface area (Å²) in [5.41, 5.74) is 1.93. The first-order valence-electron chi connectivity index (χ1n) is 5.50. The molecular formula is C13H19N. The Morgan fingerprint density at radius 1 is 1.29 bits per heavy atom. The largest absolute Gasteiger partial charge is 0.314 e. The van der Waals surface area contributed by atoms with E-state index in [0.29, 0.717) is 11.5 Å². The third kappa shape index (κ3) is 1.98. The molecular weight excluding hydrogens is 170 g/mol. The average Bonchev–Trinajstić information content (AvgIpc) is 3.00. The molecule has 2 rings (SSSR count). The van der Waals surface area contributed by atoms with E-state index < -0.39 is 0 Å². The second kappa shape index (κ2) is 3.74. The first kappa shape index (κ1) is 9.72. The van der Waals surface area contributed by atoms with E-state index in [2.05, 4.69) is 49.6 Å². The minimum absolute atomic E-state index is 0.468. The van der Waals surface area contributed by atoms with Crippen LogP contribution in [0.3, 0.4) is 0 Å². The summed E-state index contributed by atoms with van der Waals surface area (Å²) in [6, 6.07) is 10.8. The van der Waals surface area contributed by atoms with Crippen LogP contribution in [0.1, 0.15) is 37.7 Å². The Bertz CT molecular complexity index is 287. The molecule has 1 aliphatic carbocycles. The van der Waals surface area contributed by atoms with Crippen LogP contribution >= 0.6 is 0 Å². The predicted molar refractivity (Wildman–Crippen MR) is 60.5 cm³/mol. The average molecular weight is 189 g/mol. The topological polar surface area (TPSA) is 12.0 Å². The number of rotatable bonds is 4. The van der Waals surface area contributed by atoms with E-state index in [4.69, 9.17) is 0 Å². The molecule has 1 aromatic carbocycles. The van der Waals surface area contributed by atoms with E-state index in [1.807, 2.05) is 0 Å². The van der Waals surface area contributed by atoms with Crippen LogP contribution in [0, 0.1) is 0 Å². The molecule has 1 heteroatoms. The molecule has 1 aromatic rings. The van der Waals surface area contributed by atoms with Crippen LogP contribution in [0.2, 0.25) is 0 Å². The Morgan fingerprint density at radius 3 is 2.43 bits per heavy atom. The van der Waals surface area contributed by atoms with Gasteiger partial charge in [-0.25, -0.2) is 0 Å². The lowest BCUT2D eigenvalue weighted by molar-refractivity contribution is 0.468. The summed E-state index contributed by atoms with van der Waals surface area (Å²) in [5, 5.41) is 3.45. The van der Waals surface area contributed by atoms with Crippen molar-refractivity contribution in [3.05, 3.63) is 35.9 Å². The summed E-state index contributed by atoms with van der Waals surface area (Å²) in [6.45, 7) is 2.33. The molecule has 0 aliphatic heterocycles. The zero-order valence-electron chi connectivity index (χ0n) is 9.09. The second-order valence-electron chi connectivity index (χ2n) is 4.55. The van der Waals surface area contributed by atoms with E-state index >= 15 is 0 Å². The lowest BCUT2D eigenvalue weighted by atomic mass is 9.93. The van der Waals surface area contributed by atoms with E-state index in [1.54, 1.807) is 0 Å². The minimum atomic E-state index is 0.468. The van der Waals surface area contributed by atoms with Gasteiger partial charge in [-0.3, -0.25) is 0 Å². The number of benzene rings is 1. The highest BCUT2D eigenvalue weighted by Crippen LogP contribution is 2.42. The van der Waals surface area contributed by atoms with Crippen LogP contribution in [0.5, 0.6) is 0 Å². The van der Waals surface area contributed by atoms with Crippen LogP contribution in [0.15, 0.2) is 30.3 Å². The highest BCUT2D eigenvalue weighted by atomic mass is 15.0. The lowest BCUT2D eigenvalue weighted by Crippen LogP contribution is -2.28. The van der Waals surface area contributed by atoms with Crippen LogP contribution in [-0.4, -0.2) is 12.6 Å². The summed E-state index contributed by atoms with van der Waals surface area (Å²) in [7, 11) is 2.09. The van der Waals surface area contributed by atoms with Gasteiger partial charge in [-0.1, -0.05) is 37.3 Å². The summed E-state index contributed by atoms with van der Waals surface area (Å²) in [4.78, 5) is 0. The molecule has 0 amide bonds. The third-order valence-corrected chi connectivity index (χ3v) is 3.45. The highest BCUT2D eigenvalue weighted by molar-refractivity contribution is 5.20. The molecule has 1 saturated carbocycles. The van der Waals surface area contributed by atoms with E-state index in [9.17, 15) is 0 Å². The molecule has 0 bridgehead atoms. The van der Waals surface area contributed by atoms with Crippen molar-refractivity contribution in [3.8, 4) is 0 Å². The second-order valence-corrected chi connectivity index (χ2v) is 4.55. The normalized spacial score (nSPS) is 20.4. The summed E-state index contributed by atoms with van der Waals surface area (Å²) >= 11 is 0. The zero-order valence-corrected chi connectivity index (χ0v) is 9.09. The lowest BCUT2D eigenvalue weighted by Gasteiger charge is -2.19. The van der Waals surface area contributed by atoms with Gasteiger partial charge in [0.2, 0.25) is 0 Å². The van der Waals surface area contributed by atoms with Crippen molar-refractivity contribution in [2.75, 3.05) is 7.05 Å². The first-order chi connectivity index (χ1) is 6.76. The van der Waals surface area contributed by atoms with Crippen LogP contribution in [0.25, 0.3) is 0 Å². The fourth-order valence-electron chi connectivity index (χ4n) is 2.19. The van der Waals surface area contributed by atoms with Crippen molar-refractivity contribution in [3.63, 3.8) is 0 Å². The van der Waals surface area contributed by atoms with Crippen molar-refractivity contribution in [1.29, 1.82) is 0 Å². The van der Waals surface area contributed by atoms with Crippen LogP contribution < -0.4 is 5.32 Å². The third-order valence-electron chi connectivity index (χ3n) is 3.45. The quantitative estimate of drug-likeness (QED) is 0.768. The summed E-state index contributed by atoms with van der Waals surface area (Å²) in [6.07, 6.45) is 3.97. The smallest absolute Gasteiger partial charge is 0.0185 e. The van der Waals surface area contributed by atoms with Gasteiger partial charge in [-0.2, -0.15) is 0 Å². The maximum Gasteiger partial charge on any atom is 0.0185 e. The van der Waals surface area contributed by atoms with Crippen molar-refractivity contribution < 1.29 is 0 Å². The van der Waals surface area contributed by atoms with Gasteiger partial charge in [0, 0.05) is 5.54 Å². The SMILES string of the molecule is CNC1(CC(C)c2ccccc2)CC1. The van der Waals surface area contributed by atoms with Gasteiger partial charge in [0.1, 0.15) is 0 Å². The predicted octanol–water partition coefficient (Wildman–Crippen LogP) is 2.93. The number of hydrogen-bond donors (Lipinski definition) is 1. The van der Waals surface area contributed by atoms with E-state index in [1.165, 1.54) is 24.8 Å². The molecule has 0 radical (unpaired) electrons. The van der Waals surface area contributed by atoms with Crippen molar-refractivity contribution in [1.82, 2.24) is 5.32 Å². The van der Waals surface area contributed by atoms with Gasteiger partial charge in [0.15, 0.2) is 0 Å². The van der Waals surface area contributed by atoms with Gasteiger partial charge in [-0.15, -0.1) is 0 Å². The fraction of sp³-hybridized carbons (Fsp3) is 0.538. The monoisotopic (exact) mass is 189 g/mol. The van der Waals surface area contributed by atoms with E-state index in [0.717, 1.165) is 0 Å². The Hall–Kier alpha value is -0.820. The number of hydrogen-bond acceptors (Lipinski definition) is 1. The van der Waals surface area contributed by atoms with Crippen LogP contribution in [-0.2, 0) is 0 Å². The van der Waals surface area contributed by atoms with Gasteiger partial charge in [-0.05, 0) is 37.8 Å². The Labute approximate surface area is 86.5 Å². The van der Waals surface area contributed by atoms with Gasteiger partial charge >= 0.3 is 0 Å². The maximum absolute atomic E-state index is 3.45. The van der Waals surface area contributed by atoms with Crippen molar-refractivity contribution in [2.45, 2.75) is 37.6 Å². The Balaban J connectivity index is 1.99. The first-order valence-corrected chi connectivity index (χ1v) is 5.50. The molecule has 0 aromatic heterocycles. The molecule has 1 atom stereocenters. The molecule has 0 spiro atoms. The standard InChI is InChI=1S/C13H19N/c1-11(10-13(14-2)8-9-13)12-6-4-3-5-7-12/h3-7,11,14H,8-10H2,1-2H3. The molecule has 0 saturated heterocycles. The molecule has 76 valence electrons. The van der Waals surface area contributed by atoms with Crippen molar-refractivity contribution >= 4 is 0 Å². The molecule has 1 unspecified atom stereocenters. The van der Waals surface area contributed by atoms with E-state index in [-0.39, 0.29) is 0 Å². The molecule has 1 N–H and O–H groups in total. The Morgan fingerprint density at radius 2 is 1.93 bits per heavy atom.